The van der Waals surface area contributed by atoms with Crippen molar-refractivity contribution in [1.82, 2.24) is 0 Å². The van der Waals surface area contributed by atoms with Gasteiger partial charge >= 0.3 is 0 Å². The first-order valence-corrected chi connectivity index (χ1v) is 8.60. The Morgan fingerprint density at radius 3 is 1.93 bits per heavy atom. The molecule has 0 spiro atoms. The summed E-state index contributed by atoms with van der Waals surface area (Å²) in [5, 5.41) is 9.63. The minimum atomic E-state index is -0.209. The minimum Gasteiger partial charge on any atom is -0.508 e. The van der Waals surface area contributed by atoms with Gasteiger partial charge in [0.1, 0.15) is 5.75 Å². The van der Waals surface area contributed by atoms with Crippen molar-refractivity contribution in [3.05, 3.63) is 101 Å². The van der Waals surface area contributed by atoms with Crippen LogP contribution in [-0.4, -0.2) is 16.7 Å². The first-order chi connectivity index (χ1) is 13.0. The molecule has 0 radical (unpaired) electrons. The predicted octanol–water partition coefficient (Wildman–Crippen LogP) is 4.80. The standard InChI is InChI=1S/C23H17NO3/c1-15-6-8-16(9-7-15)24(17-10-12-18(25)13-11-17)21-14-22(26)19-4-2-3-5-20(19)23(21)27/h2-14,25H,1H3. The van der Waals surface area contributed by atoms with E-state index in [1.807, 2.05) is 31.2 Å². The lowest BCUT2D eigenvalue weighted by Crippen LogP contribution is -2.28. The molecule has 0 unspecified atom stereocenters. The number of nitrogens with zero attached hydrogens (tertiary/aromatic N) is 1. The lowest BCUT2D eigenvalue weighted by molar-refractivity contribution is 0.0983. The molecule has 0 aliphatic heterocycles. The number of carbonyl (C=O) groups is 2. The molecule has 0 bridgehead atoms. The maximum atomic E-state index is 13.2. The van der Waals surface area contributed by atoms with Crippen LogP contribution in [0.1, 0.15) is 26.3 Å². The van der Waals surface area contributed by atoms with Gasteiger partial charge in [0, 0.05) is 28.6 Å². The maximum Gasteiger partial charge on any atom is 0.210 e. The monoisotopic (exact) mass is 355 g/mol. The summed E-state index contributed by atoms with van der Waals surface area (Å²) in [4.78, 5) is 27.5. The number of fused-ring (bicyclic) bond motifs is 1. The summed E-state index contributed by atoms with van der Waals surface area (Å²) in [5.74, 6) is -0.275. The van der Waals surface area contributed by atoms with Gasteiger partial charge in [0.2, 0.25) is 5.78 Å². The Bertz CT molecular complexity index is 1020. The van der Waals surface area contributed by atoms with E-state index in [9.17, 15) is 14.7 Å². The number of rotatable bonds is 3. The van der Waals surface area contributed by atoms with Gasteiger partial charge in [0.05, 0.1) is 5.70 Å². The number of Topliss-reactive ketones (excluding diaryl/α,β-unsaturated/α-hetero) is 1. The van der Waals surface area contributed by atoms with Crippen LogP contribution in [0, 0.1) is 6.92 Å². The van der Waals surface area contributed by atoms with Crippen molar-refractivity contribution in [1.29, 1.82) is 0 Å². The van der Waals surface area contributed by atoms with Gasteiger partial charge in [-0.25, -0.2) is 0 Å². The minimum absolute atomic E-state index is 0.132. The third kappa shape index (κ3) is 3.02. The van der Waals surface area contributed by atoms with Crippen molar-refractivity contribution in [3.63, 3.8) is 0 Å². The fourth-order valence-electron chi connectivity index (χ4n) is 3.19. The fourth-order valence-corrected chi connectivity index (χ4v) is 3.19. The van der Waals surface area contributed by atoms with Crippen molar-refractivity contribution in [3.8, 4) is 5.75 Å². The van der Waals surface area contributed by atoms with E-state index >= 15 is 0 Å². The molecule has 0 atom stereocenters. The molecule has 3 aromatic rings. The average molecular weight is 355 g/mol. The van der Waals surface area contributed by atoms with Crippen LogP contribution in [-0.2, 0) is 0 Å². The number of anilines is 2. The molecule has 1 N–H and O–H groups in total. The van der Waals surface area contributed by atoms with E-state index in [0.717, 1.165) is 11.3 Å². The molecule has 4 nitrogen and oxygen atoms in total. The van der Waals surface area contributed by atoms with Gasteiger partial charge in [-0.1, -0.05) is 42.0 Å². The van der Waals surface area contributed by atoms with Crippen LogP contribution in [0.4, 0.5) is 11.4 Å². The van der Waals surface area contributed by atoms with Gasteiger partial charge in [0.25, 0.3) is 0 Å². The average Bonchev–Trinajstić information content (AvgIpc) is 2.69. The second-order valence-corrected chi connectivity index (χ2v) is 6.46. The van der Waals surface area contributed by atoms with Crippen LogP contribution in [0.3, 0.4) is 0 Å². The summed E-state index contributed by atoms with van der Waals surface area (Å²) in [6.45, 7) is 1.99. The number of phenolic OH excluding ortho intramolecular Hbond substituents is 1. The predicted molar refractivity (Wildman–Crippen MR) is 105 cm³/mol. The highest BCUT2D eigenvalue weighted by molar-refractivity contribution is 6.26. The molecule has 0 heterocycles. The number of hydrogen-bond donors (Lipinski definition) is 1. The number of aromatic hydroxyl groups is 1. The second kappa shape index (κ2) is 6.57. The Hall–Kier alpha value is -3.66. The highest BCUT2D eigenvalue weighted by Gasteiger charge is 2.30. The van der Waals surface area contributed by atoms with E-state index in [0.29, 0.717) is 16.8 Å². The molecule has 3 aromatic carbocycles. The number of phenols is 1. The fraction of sp³-hybridized carbons (Fsp3) is 0.0435. The third-order valence-corrected chi connectivity index (χ3v) is 4.58. The Morgan fingerprint density at radius 1 is 0.741 bits per heavy atom. The highest BCUT2D eigenvalue weighted by atomic mass is 16.3. The maximum absolute atomic E-state index is 13.2. The van der Waals surface area contributed by atoms with E-state index in [4.69, 9.17) is 0 Å². The Labute approximate surface area is 157 Å². The van der Waals surface area contributed by atoms with E-state index in [1.54, 1.807) is 53.4 Å². The van der Waals surface area contributed by atoms with Crippen LogP contribution in [0.2, 0.25) is 0 Å². The zero-order chi connectivity index (χ0) is 19.0. The molecule has 4 heteroatoms. The quantitative estimate of drug-likeness (QED) is 0.733. The molecule has 0 saturated heterocycles. The van der Waals surface area contributed by atoms with E-state index < -0.39 is 0 Å². The number of aryl methyl sites for hydroxylation is 1. The van der Waals surface area contributed by atoms with Gasteiger partial charge in [-0.05, 0) is 43.3 Å². The van der Waals surface area contributed by atoms with Crippen molar-refractivity contribution >= 4 is 22.9 Å². The summed E-state index contributed by atoms with van der Waals surface area (Å²) >= 11 is 0. The number of allylic oxidation sites excluding steroid dienone is 2. The Morgan fingerprint density at radius 2 is 1.30 bits per heavy atom. The SMILES string of the molecule is Cc1ccc(N(C2=CC(=O)c3ccccc3C2=O)c2ccc(O)cc2)cc1. The molecule has 132 valence electrons. The number of ketones is 2. The molecule has 0 aromatic heterocycles. The number of benzene rings is 3. The Kier molecular flexibility index (Phi) is 4.09. The van der Waals surface area contributed by atoms with Crippen LogP contribution >= 0.6 is 0 Å². The summed E-state index contributed by atoms with van der Waals surface area (Å²) in [5.41, 5.74) is 3.64. The van der Waals surface area contributed by atoms with Gasteiger partial charge in [0.15, 0.2) is 5.78 Å². The summed E-state index contributed by atoms with van der Waals surface area (Å²) in [6.07, 6.45) is 1.39. The van der Waals surface area contributed by atoms with Crippen molar-refractivity contribution < 1.29 is 14.7 Å². The summed E-state index contributed by atoms with van der Waals surface area (Å²) in [7, 11) is 0. The molecular formula is C23H17NO3. The van der Waals surface area contributed by atoms with E-state index in [2.05, 4.69) is 0 Å². The van der Waals surface area contributed by atoms with Crippen molar-refractivity contribution in [2.24, 2.45) is 0 Å². The lowest BCUT2D eigenvalue weighted by atomic mass is 9.91. The lowest BCUT2D eigenvalue weighted by Gasteiger charge is -2.29. The van der Waals surface area contributed by atoms with Crippen molar-refractivity contribution in [2.75, 3.05) is 4.90 Å². The molecule has 27 heavy (non-hydrogen) atoms. The smallest absolute Gasteiger partial charge is 0.210 e. The van der Waals surface area contributed by atoms with Crippen LogP contribution < -0.4 is 4.90 Å². The van der Waals surface area contributed by atoms with Crippen LogP contribution in [0.25, 0.3) is 0 Å². The van der Waals surface area contributed by atoms with Crippen LogP contribution in [0.15, 0.2) is 84.6 Å². The normalized spacial score (nSPS) is 13.1. The topological polar surface area (TPSA) is 57.6 Å². The van der Waals surface area contributed by atoms with Crippen molar-refractivity contribution in [2.45, 2.75) is 6.92 Å². The summed E-state index contributed by atoms with van der Waals surface area (Å²) in [6, 6.07) is 21.1. The third-order valence-electron chi connectivity index (χ3n) is 4.58. The van der Waals surface area contributed by atoms with Crippen LogP contribution in [0.5, 0.6) is 5.75 Å². The zero-order valence-electron chi connectivity index (χ0n) is 14.7. The first kappa shape index (κ1) is 16.8. The van der Waals surface area contributed by atoms with E-state index in [1.165, 1.54) is 6.08 Å². The van der Waals surface area contributed by atoms with Gasteiger partial charge in [-0.15, -0.1) is 0 Å². The summed E-state index contributed by atoms with van der Waals surface area (Å²) < 4.78 is 0. The molecule has 0 amide bonds. The molecule has 1 aliphatic carbocycles. The molecular weight excluding hydrogens is 338 g/mol. The molecule has 4 rings (SSSR count). The molecule has 0 saturated carbocycles. The van der Waals surface area contributed by atoms with Gasteiger partial charge in [-0.2, -0.15) is 0 Å². The Balaban J connectivity index is 1.89. The second-order valence-electron chi connectivity index (χ2n) is 6.46. The molecule has 0 fully saturated rings. The number of hydrogen-bond acceptors (Lipinski definition) is 4. The largest absolute Gasteiger partial charge is 0.508 e. The van der Waals surface area contributed by atoms with Gasteiger partial charge in [-0.3, -0.25) is 9.59 Å². The van der Waals surface area contributed by atoms with Gasteiger partial charge < -0.3 is 10.0 Å². The number of carbonyl (C=O) groups excluding carboxylic acids is 2. The van der Waals surface area contributed by atoms with E-state index in [-0.39, 0.29) is 23.0 Å². The zero-order valence-corrected chi connectivity index (χ0v) is 14.7. The first-order valence-electron chi connectivity index (χ1n) is 8.60. The molecule has 1 aliphatic rings. The highest BCUT2D eigenvalue weighted by Crippen LogP contribution is 2.35.